The molecule has 0 aliphatic carbocycles. The van der Waals surface area contributed by atoms with Crippen molar-refractivity contribution in [1.82, 2.24) is 0 Å². The van der Waals surface area contributed by atoms with Gasteiger partial charge in [0.1, 0.15) is 0 Å². The number of hydrogen-bond donors (Lipinski definition) is 0. The van der Waals surface area contributed by atoms with Crippen LogP contribution in [0.1, 0.15) is 74.0 Å². The average Bonchev–Trinajstić information content (AvgIpc) is 2.42. The van der Waals surface area contributed by atoms with Crippen LogP contribution in [0.3, 0.4) is 0 Å². The van der Waals surface area contributed by atoms with Gasteiger partial charge in [-0.05, 0) is 42.4 Å². The summed E-state index contributed by atoms with van der Waals surface area (Å²) in [4.78, 5) is 12.4. The van der Waals surface area contributed by atoms with Crippen LogP contribution in [0.25, 0.3) is 0 Å². The van der Waals surface area contributed by atoms with Crippen LogP contribution in [-0.4, -0.2) is 5.78 Å². The van der Waals surface area contributed by atoms with Crippen molar-refractivity contribution >= 4 is 5.78 Å². The zero-order chi connectivity index (χ0) is 13.5. The van der Waals surface area contributed by atoms with E-state index in [0.29, 0.717) is 12.2 Å². The SMILES string of the molecule is CCCCC(=O)c1c(CC)cc(CC)cc1CC. The summed E-state index contributed by atoms with van der Waals surface area (Å²) in [6.07, 6.45) is 5.73. The Hall–Kier alpha value is -1.11. The molecule has 0 heterocycles. The number of rotatable bonds is 7. The molecule has 0 saturated heterocycles. The second-order valence-corrected chi connectivity index (χ2v) is 4.88. The highest BCUT2D eigenvalue weighted by atomic mass is 16.1. The zero-order valence-electron chi connectivity index (χ0n) is 12.3. The Morgan fingerprint density at radius 2 is 1.50 bits per heavy atom. The monoisotopic (exact) mass is 246 g/mol. The minimum absolute atomic E-state index is 0.341. The van der Waals surface area contributed by atoms with Gasteiger partial charge >= 0.3 is 0 Å². The first-order valence-corrected chi connectivity index (χ1v) is 7.35. The van der Waals surface area contributed by atoms with Gasteiger partial charge in [-0.15, -0.1) is 0 Å². The molecule has 1 rings (SSSR count). The number of carbonyl (C=O) groups is 1. The van der Waals surface area contributed by atoms with Gasteiger partial charge in [-0.1, -0.05) is 46.2 Å². The summed E-state index contributed by atoms with van der Waals surface area (Å²) in [5, 5.41) is 0. The van der Waals surface area contributed by atoms with Gasteiger partial charge in [0.15, 0.2) is 5.78 Å². The topological polar surface area (TPSA) is 17.1 Å². The van der Waals surface area contributed by atoms with Gasteiger partial charge < -0.3 is 0 Å². The molecular weight excluding hydrogens is 220 g/mol. The predicted molar refractivity (Wildman–Crippen MR) is 78.4 cm³/mol. The van der Waals surface area contributed by atoms with Crippen molar-refractivity contribution in [1.29, 1.82) is 0 Å². The maximum atomic E-state index is 12.4. The maximum absolute atomic E-state index is 12.4. The molecule has 0 aliphatic heterocycles. The molecule has 0 N–H and O–H groups in total. The Balaban J connectivity index is 3.18. The molecule has 1 heteroatoms. The second-order valence-electron chi connectivity index (χ2n) is 4.88. The lowest BCUT2D eigenvalue weighted by atomic mass is 9.90. The number of benzene rings is 1. The normalized spacial score (nSPS) is 10.7. The minimum Gasteiger partial charge on any atom is -0.294 e. The van der Waals surface area contributed by atoms with E-state index in [1.165, 1.54) is 16.7 Å². The summed E-state index contributed by atoms with van der Waals surface area (Å²) in [6, 6.07) is 4.44. The molecule has 0 fully saturated rings. The van der Waals surface area contributed by atoms with Crippen LogP contribution >= 0.6 is 0 Å². The number of Topliss-reactive ketones (excluding diaryl/α,β-unsaturated/α-hetero) is 1. The molecule has 0 bridgehead atoms. The molecular formula is C17H26O. The minimum atomic E-state index is 0.341. The third-order valence-corrected chi connectivity index (χ3v) is 3.57. The number of aryl methyl sites for hydroxylation is 3. The van der Waals surface area contributed by atoms with E-state index in [1.807, 2.05) is 0 Å². The van der Waals surface area contributed by atoms with Gasteiger partial charge in [0.2, 0.25) is 0 Å². The Morgan fingerprint density at radius 3 is 1.89 bits per heavy atom. The van der Waals surface area contributed by atoms with Crippen molar-refractivity contribution in [3.05, 3.63) is 34.4 Å². The Morgan fingerprint density at radius 1 is 0.944 bits per heavy atom. The quantitative estimate of drug-likeness (QED) is 0.635. The highest BCUT2D eigenvalue weighted by Gasteiger charge is 2.15. The summed E-state index contributed by atoms with van der Waals surface area (Å²) in [6.45, 7) is 8.59. The molecule has 0 spiro atoms. The number of hydrogen-bond acceptors (Lipinski definition) is 1. The van der Waals surface area contributed by atoms with E-state index < -0.39 is 0 Å². The van der Waals surface area contributed by atoms with Crippen molar-refractivity contribution in [2.75, 3.05) is 0 Å². The van der Waals surface area contributed by atoms with E-state index in [9.17, 15) is 4.79 Å². The van der Waals surface area contributed by atoms with E-state index in [-0.39, 0.29) is 0 Å². The summed E-state index contributed by atoms with van der Waals surface area (Å²) >= 11 is 0. The third-order valence-electron chi connectivity index (χ3n) is 3.57. The van der Waals surface area contributed by atoms with E-state index >= 15 is 0 Å². The van der Waals surface area contributed by atoms with Crippen LogP contribution in [0.5, 0.6) is 0 Å². The Labute approximate surface area is 112 Å². The Bertz CT molecular complexity index is 379. The summed E-state index contributed by atoms with van der Waals surface area (Å²) in [5.41, 5.74) is 4.86. The lowest BCUT2D eigenvalue weighted by molar-refractivity contribution is 0.0978. The van der Waals surface area contributed by atoms with E-state index in [1.54, 1.807) is 0 Å². The van der Waals surface area contributed by atoms with Crippen molar-refractivity contribution < 1.29 is 4.79 Å². The van der Waals surface area contributed by atoms with Gasteiger partial charge in [0.25, 0.3) is 0 Å². The van der Waals surface area contributed by atoms with Crippen molar-refractivity contribution in [2.45, 2.75) is 66.2 Å². The van der Waals surface area contributed by atoms with E-state index in [2.05, 4.69) is 39.8 Å². The molecule has 1 nitrogen and oxygen atoms in total. The van der Waals surface area contributed by atoms with E-state index in [0.717, 1.165) is 37.7 Å². The van der Waals surface area contributed by atoms with Crippen LogP contribution in [0.4, 0.5) is 0 Å². The maximum Gasteiger partial charge on any atom is 0.163 e. The van der Waals surface area contributed by atoms with Crippen LogP contribution in [0.2, 0.25) is 0 Å². The second kappa shape index (κ2) is 7.35. The first-order chi connectivity index (χ1) is 8.67. The molecule has 1 aromatic carbocycles. The summed E-state index contributed by atoms with van der Waals surface area (Å²) in [7, 11) is 0. The highest BCUT2D eigenvalue weighted by Crippen LogP contribution is 2.22. The molecule has 0 saturated carbocycles. The molecule has 0 radical (unpaired) electrons. The fourth-order valence-corrected chi connectivity index (χ4v) is 2.42. The molecule has 100 valence electrons. The lowest BCUT2D eigenvalue weighted by Gasteiger charge is -2.14. The third kappa shape index (κ3) is 3.44. The van der Waals surface area contributed by atoms with Crippen molar-refractivity contribution in [3.63, 3.8) is 0 Å². The number of carbonyl (C=O) groups excluding carboxylic acids is 1. The average molecular weight is 246 g/mol. The van der Waals surface area contributed by atoms with Crippen LogP contribution in [-0.2, 0) is 19.3 Å². The fourth-order valence-electron chi connectivity index (χ4n) is 2.42. The van der Waals surface area contributed by atoms with Gasteiger partial charge in [-0.2, -0.15) is 0 Å². The molecule has 0 aliphatic rings. The molecule has 18 heavy (non-hydrogen) atoms. The zero-order valence-corrected chi connectivity index (χ0v) is 12.3. The van der Waals surface area contributed by atoms with Gasteiger partial charge in [0, 0.05) is 12.0 Å². The van der Waals surface area contributed by atoms with Gasteiger partial charge in [0.05, 0.1) is 0 Å². The highest BCUT2D eigenvalue weighted by molar-refractivity contribution is 5.99. The van der Waals surface area contributed by atoms with Gasteiger partial charge in [-0.3, -0.25) is 4.79 Å². The van der Waals surface area contributed by atoms with Gasteiger partial charge in [-0.25, -0.2) is 0 Å². The molecule has 0 aromatic heterocycles. The standard InChI is InChI=1S/C17H26O/c1-5-9-10-16(18)17-14(7-3)11-13(6-2)12-15(17)8-4/h11-12H,5-10H2,1-4H3. The largest absolute Gasteiger partial charge is 0.294 e. The fraction of sp³-hybridized carbons (Fsp3) is 0.588. The van der Waals surface area contributed by atoms with Crippen LogP contribution in [0.15, 0.2) is 12.1 Å². The molecule has 0 amide bonds. The lowest BCUT2D eigenvalue weighted by Crippen LogP contribution is -2.09. The smallest absolute Gasteiger partial charge is 0.163 e. The number of unbranched alkanes of at least 4 members (excludes halogenated alkanes) is 1. The van der Waals surface area contributed by atoms with Crippen LogP contribution < -0.4 is 0 Å². The molecule has 1 aromatic rings. The van der Waals surface area contributed by atoms with Crippen molar-refractivity contribution in [3.8, 4) is 0 Å². The molecule has 0 unspecified atom stereocenters. The first-order valence-electron chi connectivity index (χ1n) is 7.35. The summed E-state index contributed by atoms with van der Waals surface area (Å²) in [5.74, 6) is 0.341. The van der Waals surface area contributed by atoms with E-state index in [4.69, 9.17) is 0 Å². The number of ketones is 1. The summed E-state index contributed by atoms with van der Waals surface area (Å²) < 4.78 is 0. The van der Waals surface area contributed by atoms with Crippen LogP contribution in [0, 0.1) is 0 Å². The van der Waals surface area contributed by atoms with Crippen molar-refractivity contribution in [2.24, 2.45) is 0 Å². The molecule has 0 atom stereocenters. The predicted octanol–water partition coefficient (Wildman–Crippen LogP) is 4.75. The Kier molecular flexibility index (Phi) is 6.11. The first kappa shape index (κ1) is 14.9.